The van der Waals surface area contributed by atoms with Gasteiger partial charge < -0.3 is 9.13 Å². The normalized spacial score (nSPS) is 11.0. The van der Waals surface area contributed by atoms with Gasteiger partial charge in [-0.15, -0.1) is 10.2 Å². The summed E-state index contributed by atoms with van der Waals surface area (Å²) in [5, 5.41) is 9.48. The first-order valence-electron chi connectivity index (χ1n) is 7.13. The molecule has 0 saturated heterocycles. The molecule has 3 heterocycles. The fraction of sp³-hybridized carbons (Fsp3) is 0.333. The number of nitrogens with zero attached hydrogens (tertiary/aromatic N) is 6. The topological polar surface area (TPSA) is 61.4 Å². The molecule has 3 rings (SSSR count). The standard InChI is InChI=1S/C15H18N6S/c1-20-11-17-10-13(20)6-4-8-22-15-19-18-14(21(15)2)12-5-3-7-16-9-12/h3,5,7,9-11H,4,6,8H2,1-2H3. The molecule has 0 fully saturated rings. The number of imidazole rings is 1. The summed E-state index contributed by atoms with van der Waals surface area (Å²) in [5.74, 6) is 1.85. The summed E-state index contributed by atoms with van der Waals surface area (Å²) in [7, 11) is 4.02. The van der Waals surface area contributed by atoms with Crippen LogP contribution in [-0.4, -0.2) is 35.1 Å². The number of pyridine rings is 1. The molecule has 7 heteroatoms. The Morgan fingerprint density at radius 3 is 2.77 bits per heavy atom. The van der Waals surface area contributed by atoms with Crippen molar-refractivity contribution in [3.05, 3.63) is 42.7 Å². The zero-order chi connectivity index (χ0) is 15.4. The van der Waals surface area contributed by atoms with Crippen molar-refractivity contribution in [2.45, 2.75) is 18.0 Å². The van der Waals surface area contributed by atoms with Crippen molar-refractivity contribution in [3.8, 4) is 11.4 Å². The van der Waals surface area contributed by atoms with Gasteiger partial charge in [-0.3, -0.25) is 4.98 Å². The second kappa shape index (κ2) is 6.74. The first-order valence-corrected chi connectivity index (χ1v) is 8.12. The van der Waals surface area contributed by atoms with Gasteiger partial charge in [-0.05, 0) is 25.0 Å². The second-order valence-electron chi connectivity index (χ2n) is 5.05. The van der Waals surface area contributed by atoms with Crippen molar-refractivity contribution in [1.82, 2.24) is 29.3 Å². The number of rotatable bonds is 6. The molecule has 0 radical (unpaired) electrons. The zero-order valence-electron chi connectivity index (χ0n) is 12.7. The molecule has 0 N–H and O–H groups in total. The molecule has 0 atom stereocenters. The molecule has 0 aromatic carbocycles. The monoisotopic (exact) mass is 314 g/mol. The summed E-state index contributed by atoms with van der Waals surface area (Å²) < 4.78 is 4.08. The Morgan fingerprint density at radius 1 is 1.14 bits per heavy atom. The summed E-state index contributed by atoms with van der Waals surface area (Å²) >= 11 is 1.73. The first-order chi connectivity index (χ1) is 10.8. The maximum atomic E-state index is 4.27. The zero-order valence-corrected chi connectivity index (χ0v) is 13.5. The lowest BCUT2D eigenvalue weighted by Crippen LogP contribution is -1.98. The Hall–Kier alpha value is -2.15. The smallest absolute Gasteiger partial charge is 0.191 e. The molecule has 6 nitrogen and oxygen atoms in total. The molecule has 0 unspecified atom stereocenters. The minimum Gasteiger partial charge on any atom is -0.338 e. The van der Waals surface area contributed by atoms with Crippen molar-refractivity contribution >= 4 is 11.8 Å². The molecule has 0 spiro atoms. The van der Waals surface area contributed by atoms with E-state index in [2.05, 4.69) is 24.7 Å². The van der Waals surface area contributed by atoms with E-state index in [1.54, 1.807) is 24.2 Å². The highest BCUT2D eigenvalue weighted by atomic mass is 32.2. The van der Waals surface area contributed by atoms with Gasteiger partial charge >= 0.3 is 0 Å². The molecule has 0 saturated carbocycles. The molecule has 0 aliphatic heterocycles. The van der Waals surface area contributed by atoms with E-state index in [1.165, 1.54) is 5.69 Å². The van der Waals surface area contributed by atoms with Crippen LogP contribution in [0.2, 0.25) is 0 Å². The van der Waals surface area contributed by atoms with Crippen LogP contribution >= 0.6 is 11.8 Å². The van der Waals surface area contributed by atoms with Crippen molar-refractivity contribution < 1.29 is 0 Å². The van der Waals surface area contributed by atoms with Crippen molar-refractivity contribution in [2.75, 3.05) is 5.75 Å². The Labute approximate surface area is 133 Å². The molecule has 3 aromatic rings. The van der Waals surface area contributed by atoms with E-state index in [-0.39, 0.29) is 0 Å². The molecule has 0 bridgehead atoms. The highest BCUT2D eigenvalue weighted by molar-refractivity contribution is 7.99. The van der Waals surface area contributed by atoms with Crippen LogP contribution in [0.3, 0.4) is 0 Å². The number of aryl methyl sites for hydroxylation is 2. The molecule has 0 aliphatic rings. The van der Waals surface area contributed by atoms with Crippen LogP contribution < -0.4 is 0 Å². The van der Waals surface area contributed by atoms with Gasteiger partial charge in [0.05, 0.1) is 6.33 Å². The highest BCUT2D eigenvalue weighted by Crippen LogP contribution is 2.22. The van der Waals surface area contributed by atoms with Crippen LogP contribution in [0.15, 0.2) is 42.2 Å². The average Bonchev–Trinajstić information content (AvgIpc) is 3.11. The van der Waals surface area contributed by atoms with E-state index in [4.69, 9.17) is 0 Å². The van der Waals surface area contributed by atoms with Crippen LogP contribution in [-0.2, 0) is 20.5 Å². The predicted molar refractivity (Wildman–Crippen MR) is 86.5 cm³/mol. The second-order valence-corrected chi connectivity index (χ2v) is 6.12. The number of hydrogen-bond acceptors (Lipinski definition) is 5. The Bertz CT molecular complexity index is 734. The molecule has 22 heavy (non-hydrogen) atoms. The van der Waals surface area contributed by atoms with Gasteiger partial charge in [0.2, 0.25) is 0 Å². The number of hydrogen-bond donors (Lipinski definition) is 0. The van der Waals surface area contributed by atoms with E-state index >= 15 is 0 Å². The Balaban J connectivity index is 1.58. The summed E-state index contributed by atoms with van der Waals surface area (Å²) in [4.78, 5) is 8.26. The quantitative estimate of drug-likeness (QED) is 0.516. The average molecular weight is 314 g/mol. The molecular weight excluding hydrogens is 296 g/mol. The lowest BCUT2D eigenvalue weighted by Gasteiger charge is -2.04. The van der Waals surface area contributed by atoms with Gasteiger partial charge in [-0.2, -0.15) is 0 Å². The van der Waals surface area contributed by atoms with E-state index in [9.17, 15) is 0 Å². The van der Waals surface area contributed by atoms with Crippen LogP contribution in [0.25, 0.3) is 11.4 Å². The number of aromatic nitrogens is 6. The highest BCUT2D eigenvalue weighted by Gasteiger charge is 2.11. The molecule has 0 aliphatic carbocycles. The van der Waals surface area contributed by atoms with E-state index in [0.717, 1.165) is 35.1 Å². The van der Waals surface area contributed by atoms with Gasteiger partial charge in [-0.1, -0.05) is 11.8 Å². The van der Waals surface area contributed by atoms with E-state index in [0.29, 0.717) is 0 Å². The van der Waals surface area contributed by atoms with Gasteiger partial charge in [0.15, 0.2) is 11.0 Å². The maximum absolute atomic E-state index is 4.27. The minimum absolute atomic E-state index is 0.849. The van der Waals surface area contributed by atoms with Crippen LogP contribution in [0.1, 0.15) is 12.1 Å². The predicted octanol–water partition coefficient (Wildman–Crippen LogP) is 2.34. The first kappa shape index (κ1) is 14.8. The molecular formula is C15H18N6S. The lowest BCUT2D eigenvalue weighted by atomic mass is 10.3. The van der Waals surface area contributed by atoms with Gasteiger partial charge in [0, 0.05) is 49.7 Å². The Morgan fingerprint density at radius 2 is 2.05 bits per heavy atom. The Kier molecular flexibility index (Phi) is 4.53. The maximum Gasteiger partial charge on any atom is 0.191 e. The minimum atomic E-state index is 0.849. The molecule has 0 amide bonds. The van der Waals surface area contributed by atoms with E-state index in [1.807, 2.05) is 43.3 Å². The van der Waals surface area contributed by atoms with Crippen molar-refractivity contribution in [3.63, 3.8) is 0 Å². The SMILES string of the molecule is Cn1cncc1CCCSc1nnc(-c2cccnc2)n1C. The van der Waals surface area contributed by atoms with E-state index < -0.39 is 0 Å². The third-order valence-corrected chi connectivity index (χ3v) is 4.59. The molecule has 3 aromatic heterocycles. The van der Waals surface area contributed by atoms with Crippen molar-refractivity contribution in [2.24, 2.45) is 14.1 Å². The molecule has 114 valence electrons. The fourth-order valence-corrected chi connectivity index (χ4v) is 3.08. The van der Waals surface area contributed by atoms with Gasteiger partial charge in [0.1, 0.15) is 0 Å². The summed E-state index contributed by atoms with van der Waals surface area (Å²) in [6.07, 6.45) is 9.43. The third-order valence-electron chi connectivity index (χ3n) is 3.48. The fourth-order valence-electron chi connectivity index (χ4n) is 2.23. The van der Waals surface area contributed by atoms with Gasteiger partial charge in [0.25, 0.3) is 0 Å². The van der Waals surface area contributed by atoms with Crippen LogP contribution in [0.4, 0.5) is 0 Å². The largest absolute Gasteiger partial charge is 0.338 e. The summed E-state index contributed by atoms with van der Waals surface area (Å²) in [6, 6.07) is 3.90. The van der Waals surface area contributed by atoms with Gasteiger partial charge in [-0.25, -0.2) is 4.98 Å². The van der Waals surface area contributed by atoms with Crippen LogP contribution in [0, 0.1) is 0 Å². The third kappa shape index (κ3) is 3.19. The number of thioether (sulfide) groups is 1. The summed E-state index contributed by atoms with van der Waals surface area (Å²) in [6.45, 7) is 0. The van der Waals surface area contributed by atoms with Crippen molar-refractivity contribution in [1.29, 1.82) is 0 Å². The van der Waals surface area contributed by atoms with Crippen LogP contribution in [0.5, 0.6) is 0 Å². The summed E-state index contributed by atoms with van der Waals surface area (Å²) in [5.41, 5.74) is 2.24. The lowest BCUT2D eigenvalue weighted by molar-refractivity contribution is 0.778.